The fourth-order valence-electron chi connectivity index (χ4n) is 1.06. The van der Waals surface area contributed by atoms with Crippen LogP contribution in [0.15, 0.2) is 11.6 Å². The van der Waals surface area contributed by atoms with Crippen LogP contribution in [0.2, 0.25) is 0 Å². The van der Waals surface area contributed by atoms with Crippen molar-refractivity contribution in [1.29, 1.82) is 0 Å². The third kappa shape index (κ3) is 2.19. The first-order chi connectivity index (χ1) is 4.20. The Morgan fingerprint density at radius 3 is 2.56 bits per heavy atom. The van der Waals surface area contributed by atoms with Crippen molar-refractivity contribution in [3.63, 3.8) is 0 Å². The summed E-state index contributed by atoms with van der Waals surface area (Å²) in [6, 6.07) is 0. The number of allylic oxidation sites excluding steroid dienone is 1. The van der Waals surface area contributed by atoms with Gasteiger partial charge in [-0.15, -0.1) is 0 Å². The first kappa shape index (κ1) is 6.81. The number of aliphatic hydroxyl groups excluding tert-OH is 1. The smallest absolute Gasteiger partial charge is 0.0695 e. The van der Waals surface area contributed by atoms with Crippen molar-refractivity contribution in [3.05, 3.63) is 11.6 Å². The molecule has 52 valence electrons. The lowest BCUT2D eigenvalue weighted by atomic mass is 10.1. The SMILES string of the molecule is C/C(=C/C(C)O)C1CC1. The molecule has 1 aliphatic rings. The van der Waals surface area contributed by atoms with E-state index in [2.05, 4.69) is 6.92 Å². The highest BCUT2D eigenvalue weighted by atomic mass is 16.3. The Bertz CT molecular complexity index is 121. The first-order valence-corrected chi connectivity index (χ1v) is 3.56. The van der Waals surface area contributed by atoms with E-state index in [1.807, 2.05) is 6.08 Å². The van der Waals surface area contributed by atoms with Crippen LogP contribution < -0.4 is 0 Å². The monoisotopic (exact) mass is 126 g/mol. The van der Waals surface area contributed by atoms with E-state index in [0.717, 1.165) is 5.92 Å². The van der Waals surface area contributed by atoms with Crippen molar-refractivity contribution < 1.29 is 5.11 Å². The molecule has 0 aromatic carbocycles. The summed E-state index contributed by atoms with van der Waals surface area (Å²) in [5, 5.41) is 8.92. The van der Waals surface area contributed by atoms with E-state index in [4.69, 9.17) is 5.11 Å². The Hall–Kier alpha value is -0.300. The molecule has 1 atom stereocenters. The van der Waals surface area contributed by atoms with E-state index in [1.165, 1.54) is 18.4 Å². The van der Waals surface area contributed by atoms with Crippen LogP contribution in [-0.4, -0.2) is 11.2 Å². The van der Waals surface area contributed by atoms with Gasteiger partial charge in [-0.25, -0.2) is 0 Å². The molecular formula is C8H14O. The van der Waals surface area contributed by atoms with Crippen LogP contribution in [0, 0.1) is 5.92 Å². The van der Waals surface area contributed by atoms with Gasteiger partial charge < -0.3 is 5.11 Å². The molecule has 0 radical (unpaired) electrons. The Kier molecular flexibility index (Phi) is 1.91. The van der Waals surface area contributed by atoms with Gasteiger partial charge in [-0.05, 0) is 32.6 Å². The molecule has 1 heteroatoms. The standard InChI is InChI=1S/C8H14O/c1-6(5-7(2)9)8-3-4-8/h5,7-9H,3-4H2,1-2H3/b6-5-. The average molecular weight is 126 g/mol. The van der Waals surface area contributed by atoms with Gasteiger partial charge in [0.1, 0.15) is 0 Å². The molecule has 0 heterocycles. The molecule has 1 unspecified atom stereocenters. The number of aliphatic hydroxyl groups is 1. The summed E-state index contributed by atoms with van der Waals surface area (Å²) in [5.41, 5.74) is 1.37. The van der Waals surface area contributed by atoms with Gasteiger partial charge in [-0.2, -0.15) is 0 Å². The lowest BCUT2D eigenvalue weighted by molar-refractivity contribution is 0.243. The van der Waals surface area contributed by atoms with Crippen LogP contribution in [-0.2, 0) is 0 Å². The van der Waals surface area contributed by atoms with Crippen LogP contribution >= 0.6 is 0 Å². The number of hydrogen-bond acceptors (Lipinski definition) is 1. The molecule has 0 aromatic heterocycles. The summed E-state index contributed by atoms with van der Waals surface area (Å²) < 4.78 is 0. The van der Waals surface area contributed by atoms with Gasteiger partial charge in [0.15, 0.2) is 0 Å². The second-order valence-corrected chi connectivity index (χ2v) is 2.93. The van der Waals surface area contributed by atoms with Crippen LogP contribution in [0.4, 0.5) is 0 Å². The third-order valence-electron chi connectivity index (χ3n) is 1.73. The topological polar surface area (TPSA) is 20.2 Å². The minimum atomic E-state index is -0.259. The van der Waals surface area contributed by atoms with E-state index in [-0.39, 0.29) is 6.10 Å². The zero-order valence-corrected chi connectivity index (χ0v) is 6.09. The minimum absolute atomic E-state index is 0.259. The van der Waals surface area contributed by atoms with Crippen LogP contribution in [0.5, 0.6) is 0 Å². The summed E-state index contributed by atoms with van der Waals surface area (Å²) in [5.74, 6) is 0.805. The van der Waals surface area contributed by atoms with E-state index in [9.17, 15) is 0 Å². The molecule has 0 spiro atoms. The highest BCUT2D eigenvalue weighted by Gasteiger charge is 2.22. The molecule has 0 saturated heterocycles. The molecule has 1 fully saturated rings. The van der Waals surface area contributed by atoms with Crippen molar-refractivity contribution in [2.75, 3.05) is 0 Å². The van der Waals surface area contributed by atoms with Crippen molar-refractivity contribution in [2.24, 2.45) is 5.92 Å². The van der Waals surface area contributed by atoms with Gasteiger partial charge >= 0.3 is 0 Å². The summed E-state index contributed by atoms with van der Waals surface area (Å²) in [7, 11) is 0. The molecule has 0 amide bonds. The second-order valence-electron chi connectivity index (χ2n) is 2.93. The number of rotatable bonds is 2. The van der Waals surface area contributed by atoms with E-state index in [0.29, 0.717) is 0 Å². The fraction of sp³-hybridized carbons (Fsp3) is 0.750. The maximum absolute atomic E-state index is 8.92. The van der Waals surface area contributed by atoms with Crippen molar-refractivity contribution in [1.82, 2.24) is 0 Å². The lowest BCUT2D eigenvalue weighted by Gasteiger charge is -1.98. The molecule has 0 aliphatic heterocycles. The Morgan fingerprint density at radius 1 is 1.67 bits per heavy atom. The van der Waals surface area contributed by atoms with Gasteiger partial charge in [0.05, 0.1) is 6.10 Å². The van der Waals surface area contributed by atoms with Gasteiger partial charge in [-0.3, -0.25) is 0 Å². The number of hydrogen-bond donors (Lipinski definition) is 1. The van der Waals surface area contributed by atoms with Crippen molar-refractivity contribution in [2.45, 2.75) is 32.8 Å². The maximum atomic E-state index is 8.92. The summed E-state index contributed by atoms with van der Waals surface area (Å²) in [4.78, 5) is 0. The molecule has 9 heavy (non-hydrogen) atoms. The normalized spacial score (nSPS) is 24.1. The van der Waals surface area contributed by atoms with Crippen LogP contribution in [0.1, 0.15) is 26.7 Å². The van der Waals surface area contributed by atoms with Crippen LogP contribution in [0.3, 0.4) is 0 Å². The van der Waals surface area contributed by atoms with E-state index >= 15 is 0 Å². The largest absolute Gasteiger partial charge is 0.389 e. The molecule has 1 saturated carbocycles. The third-order valence-corrected chi connectivity index (χ3v) is 1.73. The first-order valence-electron chi connectivity index (χ1n) is 3.56. The average Bonchev–Trinajstić information content (AvgIpc) is 2.40. The molecule has 1 nitrogen and oxygen atoms in total. The summed E-state index contributed by atoms with van der Waals surface area (Å²) in [6.07, 6.45) is 4.34. The summed E-state index contributed by atoms with van der Waals surface area (Å²) >= 11 is 0. The van der Waals surface area contributed by atoms with E-state index in [1.54, 1.807) is 6.92 Å². The molecule has 1 N–H and O–H groups in total. The van der Waals surface area contributed by atoms with Gasteiger partial charge in [0.2, 0.25) is 0 Å². The lowest BCUT2D eigenvalue weighted by Crippen LogP contribution is -1.95. The highest BCUT2D eigenvalue weighted by molar-refractivity contribution is 5.10. The Morgan fingerprint density at radius 2 is 2.22 bits per heavy atom. The molecule has 1 rings (SSSR count). The van der Waals surface area contributed by atoms with Crippen LogP contribution in [0.25, 0.3) is 0 Å². The molecule has 1 aliphatic carbocycles. The minimum Gasteiger partial charge on any atom is -0.389 e. The fourth-order valence-corrected chi connectivity index (χ4v) is 1.06. The zero-order valence-electron chi connectivity index (χ0n) is 6.09. The predicted molar refractivity (Wildman–Crippen MR) is 38.2 cm³/mol. The molecular weight excluding hydrogens is 112 g/mol. The second kappa shape index (κ2) is 2.53. The van der Waals surface area contributed by atoms with Gasteiger partial charge in [0.25, 0.3) is 0 Å². The zero-order chi connectivity index (χ0) is 6.85. The molecule has 0 bridgehead atoms. The van der Waals surface area contributed by atoms with Crippen molar-refractivity contribution >= 4 is 0 Å². The Balaban J connectivity index is 2.37. The Labute approximate surface area is 56.4 Å². The predicted octanol–water partition coefficient (Wildman–Crippen LogP) is 1.72. The molecule has 0 aromatic rings. The van der Waals surface area contributed by atoms with E-state index < -0.39 is 0 Å². The van der Waals surface area contributed by atoms with Gasteiger partial charge in [-0.1, -0.05) is 11.6 Å². The van der Waals surface area contributed by atoms with Crippen molar-refractivity contribution in [3.8, 4) is 0 Å². The van der Waals surface area contributed by atoms with Gasteiger partial charge in [0, 0.05) is 0 Å². The summed E-state index contributed by atoms with van der Waals surface area (Å²) in [6.45, 7) is 3.90. The maximum Gasteiger partial charge on any atom is 0.0695 e. The quantitative estimate of drug-likeness (QED) is 0.558. The highest BCUT2D eigenvalue weighted by Crippen LogP contribution is 2.35.